The molecule has 5 rings (SSSR count). The van der Waals surface area contributed by atoms with Crippen molar-refractivity contribution in [2.75, 3.05) is 31.1 Å². The third kappa shape index (κ3) is 4.23. The molecule has 7 heteroatoms. The minimum absolute atomic E-state index is 0.150. The van der Waals surface area contributed by atoms with Gasteiger partial charge in [0.15, 0.2) is 0 Å². The van der Waals surface area contributed by atoms with Crippen molar-refractivity contribution in [3.63, 3.8) is 0 Å². The van der Waals surface area contributed by atoms with Gasteiger partial charge in [0.25, 0.3) is 0 Å². The fraction of sp³-hybridized carbons (Fsp3) is 0.583. The van der Waals surface area contributed by atoms with Gasteiger partial charge in [0, 0.05) is 63.0 Å². The third-order valence-corrected chi connectivity index (χ3v) is 6.90. The Labute approximate surface area is 184 Å². The van der Waals surface area contributed by atoms with E-state index in [0.29, 0.717) is 5.91 Å². The van der Waals surface area contributed by atoms with E-state index in [1.54, 1.807) is 0 Å². The molecule has 2 aromatic rings. The van der Waals surface area contributed by atoms with E-state index in [9.17, 15) is 4.79 Å². The van der Waals surface area contributed by atoms with Crippen LogP contribution >= 0.6 is 0 Å². The van der Waals surface area contributed by atoms with Crippen LogP contribution < -0.4 is 4.90 Å². The van der Waals surface area contributed by atoms with Gasteiger partial charge in [0.1, 0.15) is 0 Å². The van der Waals surface area contributed by atoms with Crippen molar-refractivity contribution in [3.05, 3.63) is 36.3 Å². The molecular weight excluding hydrogens is 388 g/mol. The van der Waals surface area contributed by atoms with E-state index in [4.69, 9.17) is 10.1 Å². The van der Waals surface area contributed by atoms with Crippen LogP contribution in [0, 0.1) is 5.92 Å². The maximum atomic E-state index is 13.1. The van der Waals surface area contributed by atoms with Crippen molar-refractivity contribution in [2.45, 2.75) is 50.9 Å². The molecule has 2 aromatic heterocycles. The van der Waals surface area contributed by atoms with Gasteiger partial charge in [0.05, 0.1) is 11.4 Å². The first-order valence-corrected chi connectivity index (χ1v) is 11.7. The molecule has 2 saturated heterocycles. The topological polar surface area (TPSA) is 67.2 Å². The van der Waals surface area contributed by atoms with Crippen LogP contribution in [-0.2, 0) is 11.8 Å². The molecule has 0 bridgehead atoms. The van der Waals surface area contributed by atoms with E-state index >= 15 is 0 Å². The lowest BCUT2D eigenvalue weighted by atomic mass is 9.89. The summed E-state index contributed by atoms with van der Waals surface area (Å²) in [7, 11) is 1.97. The molecule has 0 unspecified atom stereocenters. The SMILES string of the molecule is Cn1cc(-c2ccnc(N3CCCC3)n2)c([C@H]2CCCN(C(=O)[C@H]3CC=CCC3)C2)n1. The number of amides is 1. The molecule has 3 aliphatic rings. The molecule has 0 radical (unpaired) electrons. The van der Waals surface area contributed by atoms with E-state index in [1.807, 2.05) is 24.0 Å². The molecule has 0 aromatic carbocycles. The van der Waals surface area contributed by atoms with Crippen LogP contribution in [-0.4, -0.2) is 56.7 Å². The molecule has 0 N–H and O–H groups in total. The number of aromatic nitrogens is 4. The first kappa shape index (κ1) is 20.2. The maximum Gasteiger partial charge on any atom is 0.226 e. The number of hydrogen-bond donors (Lipinski definition) is 0. The fourth-order valence-electron chi connectivity index (χ4n) is 5.25. The Morgan fingerprint density at radius 1 is 1.10 bits per heavy atom. The predicted molar refractivity (Wildman–Crippen MR) is 121 cm³/mol. The normalized spacial score (nSPS) is 24.0. The van der Waals surface area contributed by atoms with Crippen LogP contribution in [0.3, 0.4) is 0 Å². The maximum absolute atomic E-state index is 13.1. The summed E-state index contributed by atoms with van der Waals surface area (Å²) in [5, 5.41) is 4.84. The number of allylic oxidation sites excluding steroid dienone is 2. The Balaban J connectivity index is 1.38. The molecule has 7 nitrogen and oxygen atoms in total. The van der Waals surface area contributed by atoms with Gasteiger partial charge >= 0.3 is 0 Å². The molecule has 1 aliphatic carbocycles. The third-order valence-electron chi connectivity index (χ3n) is 6.90. The average molecular weight is 421 g/mol. The van der Waals surface area contributed by atoms with Gasteiger partial charge in [-0.05, 0) is 51.0 Å². The zero-order chi connectivity index (χ0) is 21.2. The van der Waals surface area contributed by atoms with E-state index in [0.717, 1.165) is 81.2 Å². The molecule has 0 saturated carbocycles. The van der Waals surface area contributed by atoms with Crippen molar-refractivity contribution in [2.24, 2.45) is 13.0 Å². The molecule has 1 amide bonds. The number of aryl methyl sites for hydroxylation is 1. The first-order chi connectivity index (χ1) is 15.2. The minimum Gasteiger partial charge on any atom is -0.342 e. The minimum atomic E-state index is 0.150. The van der Waals surface area contributed by atoms with Gasteiger partial charge in [-0.15, -0.1) is 0 Å². The zero-order valence-corrected chi connectivity index (χ0v) is 18.4. The number of carbonyl (C=O) groups is 1. The van der Waals surface area contributed by atoms with Crippen molar-refractivity contribution < 1.29 is 4.79 Å². The molecule has 2 aliphatic heterocycles. The molecule has 4 heterocycles. The number of nitrogens with zero attached hydrogens (tertiary/aromatic N) is 6. The zero-order valence-electron chi connectivity index (χ0n) is 18.4. The number of rotatable bonds is 4. The van der Waals surface area contributed by atoms with Crippen molar-refractivity contribution in [1.29, 1.82) is 0 Å². The van der Waals surface area contributed by atoms with E-state index in [2.05, 4.69) is 33.1 Å². The number of carbonyl (C=O) groups excluding carboxylic acids is 1. The molecule has 0 spiro atoms. The Morgan fingerprint density at radius 3 is 2.77 bits per heavy atom. The van der Waals surface area contributed by atoms with Crippen LogP contribution in [0.25, 0.3) is 11.3 Å². The summed E-state index contributed by atoms with van der Waals surface area (Å²) in [6.45, 7) is 3.68. The largest absolute Gasteiger partial charge is 0.342 e. The lowest BCUT2D eigenvalue weighted by Crippen LogP contribution is -2.42. The summed E-state index contributed by atoms with van der Waals surface area (Å²) in [4.78, 5) is 26.9. The second-order valence-corrected chi connectivity index (χ2v) is 9.14. The van der Waals surface area contributed by atoms with Crippen molar-refractivity contribution >= 4 is 11.9 Å². The number of anilines is 1. The van der Waals surface area contributed by atoms with Gasteiger partial charge in [-0.25, -0.2) is 9.97 Å². The Hall–Kier alpha value is -2.70. The van der Waals surface area contributed by atoms with Gasteiger partial charge in [0.2, 0.25) is 11.9 Å². The molecular formula is C24H32N6O. The van der Waals surface area contributed by atoms with Gasteiger partial charge in [-0.3, -0.25) is 9.48 Å². The summed E-state index contributed by atoms with van der Waals surface area (Å²) in [5.41, 5.74) is 3.07. The lowest BCUT2D eigenvalue weighted by molar-refractivity contribution is -0.137. The van der Waals surface area contributed by atoms with Gasteiger partial charge in [-0.1, -0.05) is 12.2 Å². The summed E-state index contributed by atoms with van der Waals surface area (Å²) < 4.78 is 1.88. The lowest BCUT2D eigenvalue weighted by Gasteiger charge is -2.35. The van der Waals surface area contributed by atoms with E-state index < -0.39 is 0 Å². The highest BCUT2D eigenvalue weighted by atomic mass is 16.2. The molecule has 164 valence electrons. The summed E-state index contributed by atoms with van der Waals surface area (Å²) in [5.74, 6) is 1.54. The van der Waals surface area contributed by atoms with Crippen LogP contribution in [0.4, 0.5) is 5.95 Å². The smallest absolute Gasteiger partial charge is 0.226 e. The summed E-state index contributed by atoms with van der Waals surface area (Å²) in [6.07, 6.45) is 15.7. The Bertz CT molecular complexity index is 961. The highest BCUT2D eigenvalue weighted by Crippen LogP contribution is 2.34. The standard InChI is InChI=1S/C24H32N6O/c1-28-17-20(21-11-12-25-24(26-21)29-13-5-6-14-29)22(27-28)19-10-7-15-30(16-19)23(31)18-8-3-2-4-9-18/h2-3,11-12,17-19H,4-10,13-16H2,1H3/t18-,19-/m0/s1. The number of likely N-dealkylation sites (tertiary alicyclic amines) is 1. The quantitative estimate of drug-likeness (QED) is 0.708. The molecule has 31 heavy (non-hydrogen) atoms. The first-order valence-electron chi connectivity index (χ1n) is 11.7. The van der Waals surface area contributed by atoms with Crippen LogP contribution in [0.1, 0.15) is 56.6 Å². The van der Waals surface area contributed by atoms with Gasteiger partial charge < -0.3 is 9.80 Å². The van der Waals surface area contributed by atoms with Crippen LogP contribution in [0.2, 0.25) is 0 Å². The second kappa shape index (κ2) is 8.81. The Kier molecular flexibility index (Phi) is 5.74. The number of piperidine rings is 1. The van der Waals surface area contributed by atoms with Crippen LogP contribution in [0.15, 0.2) is 30.6 Å². The number of hydrogen-bond acceptors (Lipinski definition) is 5. The van der Waals surface area contributed by atoms with Crippen molar-refractivity contribution in [3.8, 4) is 11.3 Å². The fourth-order valence-corrected chi connectivity index (χ4v) is 5.25. The molecule has 2 fully saturated rings. The predicted octanol–water partition coefficient (Wildman–Crippen LogP) is 3.54. The summed E-state index contributed by atoms with van der Waals surface area (Å²) >= 11 is 0. The highest BCUT2D eigenvalue weighted by molar-refractivity contribution is 5.79. The Morgan fingerprint density at radius 2 is 1.97 bits per heavy atom. The average Bonchev–Trinajstić information content (AvgIpc) is 3.49. The van der Waals surface area contributed by atoms with Gasteiger partial charge in [-0.2, -0.15) is 5.10 Å². The summed E-state index contributed by atoms with van der Waals surface area (Å²) in [6, 6.07) is 1.99. The second-order valence-electron chi connectivity index (χ2n) is 9.14. The van der Waals surface area contributed by atoms with Crippen molar-refractivity contribution in [1.82, 2.24) is 24.6 Å². The monoisotopic (exact) mass is 420 g/mol. The molecule has 2 atom stereocenters. The highest BCUT2D eigenvalue weighted by Gasteiger charge is 2.32. The van der Waals surface area contributed by atoms with E-state index in [-0.39, 0.29) is 11.8 Å². The van der Waals surface area contributed by atoms with Crippen LogP contribution in [0.5, 0.6) is 0 Å². The van der Waals surface area contributed by atoms with E-state index in [1.165, 1.54) is 12.8 Å².